The van der Waals surface area contributed by atoms with E-state index in [1.807, 2.05) is 39.8 Å². The van der Waals surface area contributed by atoms with Gasteiger partial charge in [0, 0.05) is 11.8 Å². The molecule has 3 heteroatoms. The predicted octanol–water partition coefficient (Wildman–Crippen LogP) is 2.49. The van der Waals surface area contributed by atoms with Crippen LogP contribution in [0.25, 0.3) is 0 Å². The molecular weight excluding hydrogens is 138 g/mol. The van der Waals surface area contributed by atoms with Crippen molar-refractivity contribution in [3.05, 3.63) is 0 Å². The van der Waals surface area contributed by atoms with E-state index in [0.29, 0.717) is 0 Å². The second-order valence-corrected chi connectivity index (χ2v) is 2.57. The largest absolute Gasteiger partial charge is 0.344 e. The zero-order chi connectivity index (χ0) is 8.57. The third-order valence-corrected chi connectivity index (χ3v) is 0.516. The maximum Gasteiger partial charge on any atom is 0.0649 e. The summed E-state index contributed by atoms with van der Waals surface area (Å²) >= 11 is 0. The third kappa shape index (κ3) is 49.8. The van der Waals surface area contributed by atoms with Gasteiger partial charge in [-0.1, -0.05) is 0 Å². The second kappa shape index (κ2) is 11.7. The fourth-order valence-electron chi connectivity index (χ4n) is 0. The molecule has 64 valence electrons. The zero-order valence-corrected chi connectivity index (χ0v) is 7.76. The molecule has 3 nitrogen and oxygen atoms in total. The second-order valence-electron chi connectivity index (χ2n) is 2.57. The first-order valence-corrected chi connectivity index (χ1v) is 3.33. The maximum atomic E-state index is 7.89. The minimum atomic E-state index is 0. The van der Waals surface area contributed by atoms with Crippen molar-refractivity contribution in [1.82, 2.24) is 6.15 Å². The summed E-state index contributed by atoms with van der Waals surface area (Å²) in [6.45, 7) is 7.44. The lowest BCUT2D eigenvalue weighted by atomic mass is 10.3. The van der Waals surface area contributed by atoms with Crippen LogP contribution >= 0.6 is 0 Å². The summed E-state index contributed by atoms with van der Waals surface area (Å²) in [7, 11) is 0. The predicted molar refractivity (Wildman–Crippen MR) is 45.9 cm³/mol. The van der Waals surface area contributed by atoms with Gasteiger partial charge in [-0.3, -0.25) is 0 Å². The molecule has 0 amide bonds. The van der Waals surface area contributed by atoms with E-state index < -0.39 is 0 Å². The number of hydrogen-bond donors (Lipinski definition) is 1. The third-order valence-electron chi connectivity index (χ3n) is 0.516. The van der Waals surface area contributed by atoms with Crippen molar-refractivity contribution in [2.24, 2.45) is 11.8 Å². The lowest BCUT2D eigenvalue weighted by molar-refractivity contribution is 0.849. The summed E-state index contributed by atoms with van der Waals surface area (Å²) in [5.41, 5.74) is 0. The first-order chi connectivity index (χ1) is 4.54. The van der Waals surface area contributed by atoms with E-state index in [-0.39, 0.29) is 18.0 Å². The number of nitrogens with zero attached hydrogens (tertiary/aromatic N) is 2. The zero-order valence-electron chi connectivity index (χ0n) is 7.76. The number of nitriles is 2. The van der Waals surface area contributed by atoms with Crippen molar-refractivity contribution >= 4 is 0 Å². The molecule has 0 spiro atoms. The molecule has 0 aliphatic rings. The van der Waals surface area contributed by atoms with E-state index >= 15 is 0 Å². The molecular formula is C8H17N3. The highest BCUT2D eigenvalue weighted by Gasteiger charge is 1.79. The van der Waals surface area contributed by atoms with Gasteiger partial charge in [0.1, 0.15) is 0 Å². The van der Waals surface area contributed by atoms with Crippen LogP contribution < -0.4 is 6.15 Å². The molecule has 0 aliphatic carbocycles. The SMILES string of the molecule is CC(C)C#N.CC(C)C#N.N. The molecule has 0 aromatic rings. The van der Waals surface area contributed by atoms with Crippen LogP contribution in [0.15, 0.2) is 0 Å². The smallest absolute Gasteiger partial charge is 0.0649 e. The topological polar surface area (TPSA) is 82.6 Å². The summed E-state index contributed by atoms with van der Waals surface area (Å²) in [6.07, 6.45) is 0. The standard InChI is InChI=1S/2C4H7N.H3N/c2*1-4(2)3-5;/h2*4H,1-2H3;1H3. The van der Waals surface area contributed by atoms with Crippen LogP contribution in [0.4, 0.5) is 0 Å². The van der Waals surface area contributed by atoms with Gasteiger partial charge in [-0.15, -0.1) is 0 Å². The summed E-state index contributed by atoms with van der Waals surface area (Å²) in [6, 6.07) is 4.06. The van der Waals surface area contributed by atoms with Crippen molar-refractivity contribution in [2.45, 2.75) is 27.7 Å². The molecule has 0 saturated carbocycles. The van der Waals surface area contributed by atoms with Crippen molar-refractivity contribution in [2.75, 3.05) is 0 Å². The average molecular weight is 155 g/mol. The number of hydrogen-bond acceptors (Lipinski definition) is 3. The van der Waals surface area contributed by atoms with Gasteiger partial charge < -0.3 is 6.15 Å². The molecule has 0 bridgehead atoms. The van der Waals surface area contributed by atoms with E-state index in [4.69, 9.17) is 10.5 Å². The monoisotopic (exact) mass is 155 g/mol. The van der Waals surface area contributed by atoms with Crippen molar-refractivity contribution in [3.63, 3.8) is 0 Å². The van der Waals surface area contributed by atoms with Gasteiger partial charge in [-0.05, 0) is 27.7 Å². The normalized spacial score (nSPS) is 6.91. The Balaban J connectivity index is -0.000000107. The maximum absolute atomic E-state index is 7.89. The quantitative estimate of drug-likeness (QED) is 0.583. The van der Waals surface area contributed by atoms with Crippen molar-refractivity contribution in [1.29, 1.82) is 10.5 Å². The van der Waals surface area contributed by atoms with Gasteiger partial charge >= 0.3 is 0 Å². The first kappa shape index (κ1) is 16.5. The van der Waals surface area contributed by atoms with Gasteiger partial charge in [0.15, 0.2) is 0 Å². The summed E-state index contributed by atoms with van der Waals surface area (Å²) < 4.78 is 0. The Labute approximate surface area is 69.2 Å². The van der Waals surface area contributed by atoms with Crippen LogP contribution in [0, 0.1) is 34.5 Å². The molecule has 0 heterocycles. The van der Waals surface area contributed by atoms with E-state index in [2.05, 4.69) is 0 Å². The lowest BCUT2D eigenvalue weighted by Crippen LogP contribution is -1.72. The molecule has 0 aliphatic heterocycles. The fourth-order valence-corrected chi connectivity index (χ4v) is 0. The van der Waals surface area contributed by atoms with Gasteiger partial charge in [0.25, 0.3) is 0 Å². The highest BCUT2D eigenvalue weighted by molar-refractivity contribution is 4.73. The highest BCUT2D eigenvalue weighted by Crippen LogP contribution is 1.82. The van der Waals surface area contributed by atoms with Gasteiger partial charge in [-0.25, -0.2) is 0 Å². The molecule has 0 rings (SSSR count). The van der Waals surface area contributed by atoms with Crippen LogP contribution in [-0.2, 0) is 0 Å². The average Bonchev–Trinajstić information content (AvgIpc) is 1.89. The molecule has 0 unspecified atom stereocenters. The molecule has 3 N–H and O–H groups in total. The molecule has 0 aromatic carbocycles. The first-order valence-electron chi connectivity index (χ1n) is 3.33. The van der Waals surface area contributed by atoms with Crippen LogP contribution in [0.2, 0.25) is 0 Å². The molecule has 0 fully saturated rings. The van der Waals surface area contributed by atoms with Gasteiger partial charge in [0.2, 0.25) is 0 Å². The Morgan fingerprint density at radius 1 is 0.818 bits per heavy atom. The molecule has 0 saturated heterocycles. The van der Waals surface area contributed by atoms with Crippen LogP contribution in [0.1, 0.15) is 27.7 Å². The van der Waals surface area contributed by atoms with Crippen LogP contribution in [0.3, 0.4) is 0 Å². The number of rotatable bonds is 0. The molecule has 0 atom stereocenters. The molecule has 0 radical (unpaired) electrons. The Hall–Kier alpha value is -1.06. The summed E-state index contributed by atoms with van der Waals surface area (Å²) in [4.78, 5) is 0. The highest BCUT2D eigenvalue weighted by atomic mass is 14.2. The Bertz CT molecular complexity index is 118. The fraction of sp³-hybridized carbons (Fsp3) is 0.750. The van der Waals surface area contributed by atoms with Crippen molar-refractivity contribution in [3.8, 4) is 12.1 Å². The van der Waals surface area contributed by atoms with E-state index in [0.717, 1.165) is 0 Å². The van der Waals surface area contributed by atoms with Gasteiger partial charge in [-0.2, -0.15) is 10.5 Å². The summed E-state index contributed by atoms with van der Waals surface area (Å²) in [5.74, 6) is 0.380. The van der Waals surface area contributed by atoms with Crippen LogP contribution in [-0.4, -0.2) is 0 Å². The Kier molecular flexibility index (Phi) is 17.5. The van der Waals surface area contributed by atoms with E-state index in [1.54, 1.807) is 0 Å². The lowest BCUT2D eigenvalue weighted by Gasteiger charge is -1.75. The van der Waals surface area contributed by atoms with E-state index in [1.165, 1.54) is 0 Å². The van der Waals surface area contributed by atoms with Crippen LogP contribution in [0.5, 0.6) is 0 Å². The van der Waals surface area contributed by atoms with Crippen molar-refractivity contribution < 1.29 is 0 Å². The minimum absolute atomic E-state index is 0. The minimum Gasteiger partial charge on any atom is -0.344 e. The molecule has 11 heavy (non-hydrogen) atoms. The Morgan fingerprint density at radius 2 is 0.909 bits per heavy atom. The Morgan fingerprint density at radius 3 is 0.909 bits per heavy atom. The molecule has 0 aromatic heterocycles. The van der Waals surface area contributed by atoms with Gasteiger partial charge in [0.05, 0.1) is 12.1 Å². The summed E-state index contributed by atoms with van der Waals surface area (Å²) in [5, 5.41) is 15.8. The van der Waals surface area contributed by atoms with E-state index in [9.17, 15) is 0 Å².